The molecule has 1 aliphatic rings. The van der Waals surface area contributed by atoms with Crippen molar-refractivity contribution >= 4 is 5.91 Å². The predicted molar refractivity (Wildman–Crippen MR) is 109 cm³/mol. The second kappa shape index (κ2) is 8.00. The minimum Gasteiger partial charge on any atom is -0.337 e. The van der Waals surface area contributed by atoms with Crippen molar-refractivity contribution in [3.8, 4) is 11.1 Å². The van der Waals surface area contributed by atoms with Crippen LogP contribution in [0.15, 0.2) is 42.6 Å². The summed E-state index contributed by atoms with van der Waals surface area (Å²) >= 11 is 0. The molecule has 3 aromatic rings. The second-order valence-electron chi connectivity index (χ2n) is 8.03. The molecule has 1 aliphatic heterocycles. The van der Waals surface area contributed by atoms with Gasteiger partial charge >= 0.3 is 0 Å². The quantitative estimate of drug-likeness (QED) is 0.705. The van der Waals surface area contributed by atoms with Crippen LogP contribution in [0.5, 0.6) is 0 Å². The Morgan fingerprint density at radius 3 is 2.86 bits per heavy atom. The third-order valence-electron chi connectivity index (χ3n) is 5.35. The van der Waals surface area contributed by atoms with Crippen molar-refractivity contribution in [2.75, 3.05) is 13.1 Å². The van der Waals surface area contributed by atoms with E-state index in [0.717, 1.165) is 48.3 Å². The summed E-state index contributed by atoms with van der Waals surface area (Å²) in [4.78, 5) is 14.9. The van der Waals surface area contributed by atoms with E-state index in [0.29, 0.717) is 18.2 Å². The lowest BCUT2D eigenvalue weighted by Crippen LogP contribution is -2.39. The molecule has 6 nitrogen and oxygen atoms in total. The van der Waals surface area contributed by atoms with Crippen molar-refractivity contribution < 1.29 is 4.79 Å². The van der Waals surface area contributed by atoms with Crippen molar-refractivity contribution in [1.82, 2.24) is 25.3 Å². The number of nitrogens with one attached hydrogen (secondary N) is 2. The Labute approximate surface area is 165 Å². The number of likely N-dealkylation sites (tertiary alicyclic amines) is 1. The molecular formula is C22H27N5O. The summed E-state index contributed by atoms with van der Waals surface area (Å²) in [7, 11) is 0. The lowest BCUT2D eigenvalue weighted by atomic mass is 9.90. The average Bonchev–Trinajstić information content (AvgIpc) is 3.37. The van der Waals surface area contributed by atoms with Gasteiger partial charge in [-0.05, 0) is 36.8 Å². The Hall–Kier alpha value is -2.89. The minimum absolute atomic E-state index is 0.0109. The first-order valence-electron chi connectivity index (χ1n) is 10.0. The predicted octanol–water partition coefficient (Wildman–Crippen LogP) is 4.02. The smallest absolute Gasteiger partial charge is 0.274 e. The Bertz CT molecular complexity index is 927. The fourth-order valence-electron chi connectivity index (χ4n) is 4.03. The van der Waals surface area contributed by atoms with Gasteiger partial charge in [-0.25, -0.2) is 0 Å². The number of aromatic amines is 2. The van der Waals surface area contributed by atoms with Crippen molar-refractivity contribution in [3.05, 3.63) is 59.7 Å². The Morgan fingerprint density at radius 1 is 1.25 bits per heavy atom. The van der Waals surface area contributed by atoms with E-state index in [1.807, 2.05) is 35.4 Å². The third-order valence-corrected chi connectivity index (χ3v) is 5.35. The highest BCUT2D eigenvalue weighted by Gasteiger charge is 2.29. The maximum atomic E-state index is 13.0. The van der Waals surface area contributed by atoms with Crippen LogP contribution >= 0.6 is 0 Å². The molecule has 1 saturated heterocycles. The van der Waals surface area contributed by atoms with Gasteiger partial charge in [0.2, 0.25) is 0 Å². The van der Waals surface area contributed by atoms with Crippen LogP contribution in [-0.4, -0.2) is 44.3 Å². The topological polar surface area (TPSA) is 77.7 Å². The number of hydrogen-bond acceptors (Lipinski definition) is 3. The number of carbonyl (C=O) groups excluding carboxylic acids is 1. The molecule has 2 aromatic heterocycles. The average molecular weight is 377 g/mol. The number of rotatable bonds is 5. The highest BCUT2D eigenvalue weighted by atomic mass is 16.2. The van der Waals surface area contributed by atoms with E-state index in [4.69, 9.17) is 0 Å². The Balaban J connectivity index is 1.50. The van der Waals surface area contributed by atoms with E-state index in [9.17, 15) is 4.79 Å². The highest BCUT2D eigenvalue weighted by Crippen LogP contribution is 2.33. The molecule has 0 bridgehead atoms. The first-order chi connectivity index (χ1) is 13.6. The fourth-order valence-corrected chi connectivity index (χ4v) is 4.03. The van der Waals surface area contributed by atoms with Gasteiger partial charge in [-0.15, -0.1) is 0 Å². The number of hydrogen-bond donors (Lipinski definition) is 2. The summed E-state index contributed by atoms with van der Waals surface area (Å²) < 4.78 is 0. The first kappa shape index (κ1) is 18.5. The van der Waals surface area contributed by atoms with Gasteiger partial charge in [-0.3, -0.25) is 15.0 Å². The monoisotopic (exact) mass is 377 g/mol. The first-order valence-corrected chi connectivity index (χ1v) is 10.0. The lowest BCUT2D eigenvalue weighted by molar-refractivity contribution is 0.0700. The molecular weight excluding hydrogens is 350 g/mol. The molecule has 1 atom stereocenters. The van der Waals surface area contributed by atoms with Gasteiger partial charge in [0.1, 0.15) is 5.69 Å². The molecule has 0 unspecified atom stereocenters. The third kappa shape index (κ3) is 3.86. The van der Waals surface area contributed by atoms with Crippen LogP contribution in [0.4, 0.5) is 0 Å². The Morgan fingerprint density at radius 2 is 2.07 bits per heavy atom. The maximum Gasteiger partial charge on any atom is 0.274 e. The standard InChI is InChI=1S/C22H27N5O/c1-15(2)11-18-12-20(25-24-18)22(28)27-10-6-9-17(14-27)21-19(13-23-26-21)16-7-4-3-5-8-16/h3-5,7-8,12-13,15,17H,6,9-11,14H2,1-2H3,(H,23,26)(H,24,25)/t17-/m1/s1. The van der Waals surface area contributed by atoms with E-state index >= 15 is 0 Å². The number of amides is 1. The van der Waals surface area contributed by atoms with Crippen LogP contribution in [0.25, 0.3) is 11.1 Å². The molecule has 0 radical (unpaired) electrons. The van der Waals surface area contributed by atoms with Crippen LogP contribution in [0.1, 0.15) is 54.5 Å². The van der Waals surface area contributed by atoms with Gasteiger partial charge in [0.25, 0.3) is 5.91 Å². The van der Waals surface area contributed by atoms with Crippen molar-refractivity contribution in [3.63, 3.8) is 0 Å². The van der Waals surface area contributed by atoms with Gasteiger partial charge in [-0.2, -0.15) is 10.2 Å². The molecule has 0 spiro atoms. The summed E-state index contributed by atoms with van der Waals surface area (Å²) in [6.45, 7) is 5.78. The van der Waals surface area contributed by atoms with Gasteiger partial charge in [0.05, 0.1) is 6.20 Å². The molecule has 28 heavy (non-hydrogen) atoms. The van der Waals surface area contributed by atoms with Gasteiger partial charge in [0, 0.05) is 36.0 Å². The number of piperidine rings is 1. The summed E-state index contributed by atoms with van der Waals surface area (Å²) in [5.74, 6) is 0.792. The van der Waals surface area contributed by atoms with Crippen LogP contribution in [-0.2, 0) is 6.42 Å². The van der Waals surface area contributed by atoms with Gasteiger partial charge < -0.3 is 4.90 Å². The molecule has 1 fully saturated rings. The summed E-state index contributed by atoms with van der Waals surface area (Å²) in [5.41, 5.74) is 4.93. The van der Waals surface area contributed by atoms with Gasteiger partial charge in [-0.1, -0.05) is 44.2 Å². The van der Waals surface area contributed by atoms with E-state index < -0.39 is 0 Å². The number of nitrogens with zero attached hydrogens (tertiary/aromatic N) is 3. The zero-order chi connectivity index (χ0) is 19.5. The van der Waals surface area contributed by atoms with E-state index in [1.165, 1.54) is 0 Å². The molecule has 1 amide bonds. The van der Waals surface area contributed by atoms with Gasteiger partial charge in [0.15, 0.2) is 0 Å². The van der Waals surface area contributed by atoms with Crippen LogP contribution in [0.3, 0.4) is 0 Å². The molecule has 146 valence electrons. The normalized spacial score (nSPS) is 17.2. The Kier molecular flexibility index (Phi) is 5.28. The molecule has 0 aliphatic carbocycles. The largest absolute Gasteiger partial charge is 0.337 e. The molecule has 1 aromatic carbocycles. The summed E-state index contributed by atoms with van der Waals surface area (Å²) in [6.07, 6.45) is 4.81. The van der Waals surface area contributed by atoms with E-state index in [-0.39, 0.29) is 11.8 Å². The highest BCUT2D eigenvalue weighted by molar-refractivity contribution is 5.92. The zero-order valence-electron chi connectivity index (χ0n) is 16.5. The SMILES string of the molecule is CC(C)Cc1cc(C(=O)N2CCC[C@@H](c3[nH]ncc3-c3ccccc3)C2)n[nH]1. The molecule has 2 N–H and O–H groups in total. The number of carbonyl (C=O) groups is 1. The summed E-state index contributed by atoms with van der Waals surface area (Å²) in [6, 6.07) is 12.2. The molecule has 4 rings (SSSR count). The fraction of sp³-hybridized carbons (Fsp3) is 0.409. The van der Waals surface area contributed by atoms with E-state index in [2.05, 4.69) is 46.4 Å². The number of H-pyrrole nitrogens is 2. The van der Waals surface area contributed by atoms with Crippen LogP contribution < -0.4 is 0 Å². The molecule has 3 heterocycles. The zero-order valence-corrected chi connectivity index (χ0v) is 16.5. The van der Waals surface area contributed by atoms with Crippen molar-refractivity contribution in [2.45, 2.75) is 39.0 Å². The maximum absolute atomic E-state index is 13.0. The second-order valence-corrected chi connectivity index (χ2v) is 8.03. The lowest BCUT2D eigenvalue weighted by Gasteiger charge is -2.32. The number of benzene rings is 1. The van der Waals surface area contributed by atoms with E-state index in [1.54, 1.807) is 0 Å². The molecule has 6 heteroatoms. The molecule has 0 saturated carbocycles. The van der Waals surface area contributed by atoms with Crippen molar-refractivity contribution in [1.29, 1.82) is 0 Å². The minimum atomic E-state index is 0.0109. The van der Waals surface area contributed by atoms with Crippen molar-refractivity contribution in [2.24, 2.45) is 5.92 Å². The number of aromatic nitrogens is 4. The van der Waals surface area contributed by atoms with Crippen LogP contribution in [0, 0.1) is 5.92 Å². The summed E-state index contributed by atoms with van der Waals surface area (Å²) in [5, 5.41) is 14.7. The van der Waals surface area contributed by atoms with Crippen LogP contribution in [0.2, 0.25) is 0 Å².